The van der Waals surface area contributed by atoms with E-state index in [1.165, 1.54) is 12.5 Å². The number of hydrogen-bond donors (Lipinski definition) is 6. The van der Waals surface area contributed by atoms with Gasteiger partial charge in [-0.15, -0.1) is 0 Å². The number of ether oxygens (including phenoxy) is 2. The predicted octanol–water partition coefficient (Wildman–Crippen LogP) is -2.59. The molecule has 2 unspecified atom stereocenters. The third kappa shape index (κ3) is 3.88. The Balaban J connectivity index is 2.00. The number of nitrogens with zero attached hydrogens (tertiary/aromatic N) is 1. The maximum atomic E-state index is 11.7. The van der Waals surface area contributed by atoms with Crippen LogP contribution in [0.15, 0.2) is 12.5 Å². The first kappa shape index (κ1) is 17.0. The molecule has 12 nitrogen and oxygen atoms in total. The average Bonchev–Trinajstić information content (AvgIpc) is 3.00. The molecular weight excluding hydrogens is 325 g/mol. The van der Waals surface area contributed by atoms with Gasteiger partial charge in [-0.25, -0.2) is 14.3 Å². The highest BCUT2D eigenvalue weighted by molar-refractivity contribution is 7.46. The van der Waals surface area contributed by atoms with Gasteiger partial charge in [0.25, 0.3) is 0 Å². The fourth-order valence-electron chi connectivity index (χ4n) is 1.80. The van der Waals surface area contributed by atoms with Crippen molar-refractivity contribution in [2.45, 2.75) is 30.8 Å². The molecule has 7 N–H and O–H groups in total. The SMILES string of the molecule is NC(OP(=O)(O)O)[C@H]1OC(OC(=O)c2c[nH]cn2)[C@H](O)[C@@H]1O. The number of carbonyl (C=O) groups excluding carboxylic acids is 1. The molecule has 22 heavy (non-hydrogen) atoms. The number of aromatic nitrogens is 2. The summed E-state index contributed by atoms with van der Waals surface area (Å²) in [6.07, 6.45) is -5.77. The number of H-pyrrole nitrogens is 1. The first-order chi connectivity index (χ1) is 10.2. The molecule has 5 atom stereocenters. The molecule has 124 valence electrons. The number of phosphoric ester groups is 1. The summed E-state index contributed by atoms with van der Waals surface area (Å²) in [5.74, 6) is -0.942. The summed E-state index contributed by atoms with van der Waals surface area (Å²) in [6.45, 7) is 0. The molecular formula is C9H14N3O9P. The zero-order valence-corrected chi connectivity index (χ0v) is 11.7. The highest BCUT2D eigenvalue weighted by Crippen LogP contribution is 2.39. The Morgan fingerprint density at radius 2 is 2.14 bits per heavy atom. The third-order valence-electron chi connectivity index (χ3n) is 2.77. The Kier molecular flexibility index (Phi) is 4.94. The zero-order valence-electron chi connectivity index (χ0n) is 10.8. The van der Waals surface area contributed by atoms with Gasteiger partial charge >= 0.3 is 13.8 Å². The average molecular weight is 339 g/mol. The second kappa shape index (κ2) is 6.40. The van der Waals surface area contributed by atoms with Gasteiger partial charge in [0.2, 0.25) is 6.29 Å². The number of carbonyl (C=O) groups is 1. The molecule has 2 rings (SSSR count). The maximum absolute atomic E-state index is 11.7. The number of nitrogens with two attached hydrogens (primary N) is 1. The van der Waals surface area contributed by atoms with Gasteiger partial charge in [-0.2, -0.15) is 0 Å². The van der Waals surface area contributed by atoms with Gasteiger partial charge in [0.1, 0.15) is 24.5 Å². The summed E-state index contributed by atoms with van der Waals surface area (Å²) in [4.78, 5) is 35.1. The summed E-state index contributed by atoms with van der Waals surface area (Å²) < 4.78 is 24.6. The molecule has 0 amide bonds. The maximum Gasteiger partial charge on any atom is 0.471 e. The third-order valence-corrected chi connectivity index (χ3v) is 3.29. The number of aromatic amines is 1. The number of hydrogen-bond acceptors (Lipinski definition) is 9. The van der Waals surface area contributed by atoms with E-state index in [4.69, 9.17) is 25.0 Å². The second-order valence-corrected chi connectivity index (χ2v) is 5.56. The van der Waals surface area contributed by atoms with Crippen molar-refractivity contribution < 1.29 is 43.4 Å². The van der Waals surface area contributed by atoms with Gasteiger partial charge in [0.15, 0.2) is 5.69 Å². The highest BCUT2D eigenvalue weighted by Gasteiger charge is 2.49. The van der Waals surface area contributed by atoms with E-state index in [0.29, 0.717) is 0 Å². The van der Waals surface area contributed by atoms with Crippen LogP contribution in [-0.2, 0) is 18.6 Å². The minimum Gasteiger partial charge on any atom is -0.428 e. The molecule has 1 aliphatic heterocycles. The van der Waals surface area contributed by atoms with Crippen LogP contribution in [0.1, 0.15) is 10.5 Å². The van der Waals surface area contributed by atoms with Crippen LogP contribution in [0, 0.1) is 0 Å². The smallest absolute Gasteiger partial charge is 0.428 e. The predicted molar refractivity (Wildman–Crippen MR) is 65.8 cm³/mol. The minimum atomic E-state index is -4.93. The van der Waals surface area contributed by atoms with Crippen molar-refractivity contribution in [3.8, 4) is 0 Å². The lowest BCUT2D eigenvalue weighted by Crippen LogP contribution is -2.44. The van der Waals surface area contributed by atoms with Gasteiger partial charge in [-0.3, -0.25) is 4.52 Å². The van der Waals surface area contributed by atoms with Crippen molar-refractivity contribution in [3.05, 3.63) is 18.2 Å². The number of aliphatic hydroxyl groups is 2. The quantitative estimate of drug-likeness (QED) is 0.187. The fourth-order valence-corrected chi connectivity index (χ4v) is 2.23. The molecule has 13 heteroatoms. The Morgan fingerprint density at radius 1 is 1.45 bits per heavy atom. The summed E-state index contributed by atoms with van der Waals surface area (Å²) in [5.41, 5.74) is 5.24. The van der Waals surface area contributed by atoms with E-state index >= 15 is 0 Å². The van der Waals surface area contributed by atoms with E-state index in [1.807, 2.05) is 0 Å². The monoisotopic (exact) mass is 339 g/mol. The van der Waals surface area contributed by atoms with E-state index in [1.54, 1.807) is 0 Å². The molecule has 1 fully saturated rings. The Hall–Kier alpha value is -1.37. The molecule has 0 saturated carbocycles. The molecule has 0 aromatic carbocycles. The van der Waals surface area contributed by atoms with Crippen LogP contribution < -0.4 is 5.73 Å². The highest BCUT2D eigenvalue weighted by atomic mass is 31.2. The molecule has 1 aromatic heterocycles. The number of esters is 1. The van der Waals surface area contributed by atoms with Gasteiger partial charge in [-0.05, 0) is 0 Å². The molecule has 0 radical (unpaired) electrons. The number of rotatable bonds is 5. The van der Waals surface area contributed by atoms with Crippen molar-refractivity contribution in [3.63, 3.8) is 0 Å². The summed E-state index contributed by atoms with van der Waals surface area (Å²) in [7, 11) is -4.93. The van der Waals surface area contributed by atoms with Gasteiger partial charge in [0.05, 0.1) is 6.33 Å². The largest absolute Gasteiger partial charge is 0.471 e. The number of imidazole rings is 1. The fraction of sp³-hybridized carbons (Fsp3) is 0.556. The van der Waals surface area contributed by atoms with Crippen LogP contribution in [0.25, 0.3) is 0 Å². The van der Waals surface area contributed by atoms with E-state index < -0.39 is 44.6 Å². The zero-order chi connectivity index (χ0) is 16.5. The van der Waals surface area contributed by atoms with Gasteiger partial charge in [-0.1, -0.05) is 0 Å². The number of aliphatic hydroxyl groups excluding tert-OH is 2. The van der Waals surface area contributed by atoms with Gasteiger partial charge in [0, 0.05) is 6.20 Å². The molecule has 0 bridgehead atoms. The molecule has 1 aromatic rings. The second-order valence-electron chi connectivity index (χ2n) is 4.37. The lowest BCUT2D eigenvalue weighted by molar-refractivity contribution is -0.148. The van der Waals surface area contributed by atoms with Crippen molar-refractivity contribution in [1.29, 1.82) is 0 Å². The van der Waals surface area contributed by atoms with Crippen LogP contribution in [0.3, 0.4) is 0 Å². The first-order valence-electron chi connectivity index (χ1n) is 5.90. The minimum absolute atomic E-state index is 0.0931. The molecule has 0 aliphatic carbocycles. The Bertz CT molecular complexity index is 561. The van der Waals surface area contributed by atoms with E-state index in [-0.39, 0.29) is 5.69 Å². The van der Waals surface area contributed by atoms with Crippen molar-refractivity contribution in [1.82, 2.24) is 9.97 Å². The Labute approximate surface area is 123 Å². The van der Waals surface area contributed by atoms with Crippen LogP contribution in [0.4, 0.5) is 0 Å². The lowest BCUT2D eigenvalue weighted by atomic mass is 10.1. The van der Waals surface area contributed by atoms with Crippen molar-refractivity contribution in [2.75, 3.05) is 0 Å². The van der Waals surface area contributed by atoms with Gasteiger partial charge < -0.3 is 40.2 Å². The molecule has 1 saturated heterocycles. The number of nitrogens with one attached hydrogen (secondary N) is 1. The topological polar surface area (TPSA) is 197 Å². The first-order valence-corrected chi connectivity index (χ1v) is 7.43. The van der Waals surface area contributed by atoms with Crippen LogP contribution in [0.5, 0.6) is 0 Å². The van der Waals surface area contributed by atoms with Crippen LogP contribution in [0.2, 0.25) is 0 Å². The van der Waals surface area contributed by atoms with Crippen molar-refractivity contribution >= 4 is 13.8 Å². The molecule has 1 aliphatic rings. The van der Waals surface area contributed by atoms with E-state index in [9.17, 15) is 19.6 Å². The number of phosphoric acid groups is 1. The molecule has 2 heterocycles. The summed E-state index contributed by atoms with van der Waals surface area (Å²) in [5, 5.41) is 19.5. The summed E-state index contributed by atoms with van der Waals surface area (Å²) in [6, 6.07) is 0. The normalized spacial score (nSPS) is 30.2. The van der Waals surface area contributed by atoms with Crippen molar-refractivity contribution in [2.24, 2.45) is 5.73 Å². The summed E-state index contributed by atoms with van der Waals surface area (Å²) >= 11 is 0. The Morgan fingerprint density at radius 3 is 2.68 bits per heavy atom. The van der Waals surface area contributed by atoms with Crippen LogP contribution >= 0.6 is 7.82 Å². The van der Waals surface area contributed by atoms with E-state index in [2.05, 4.69) is 14.5 Å². The molecule has 0 spiro atoms. The van der Waals surface area contributed by atoms with E-state index in [0.717, 1.165) is 0 Å². The standard InChI is InChI=1S/C9H14N3O9P/c10-7(21-22(16,17)18)6-4(13)5(14)9(19-6)20-8(15)3-1-11-2-12-3/h1-2,4-7,9,13-14H,10H2,(H,11,12)(H2,16,17,18)/t4-,5+,6-,7?,9?/m0/s1. The van der Waals surface area contributed by atoms with Crippen LogP contribution in [-0.4, -0.2) is 66.8 Å². The lowest BCUT2D eigenvalue weighted by Gasteiger charge is -2.21.